The van der Waals surface area contributed by atoms with Gasteiger partial charge in [-0.2, -0.15) is 0 Å². The number of nitrogens with one attached hydrogen (secondary N) is 1. The molecule has 0 spiro atoms. The van der Waals surface area contributed by atoms with Crippen LogP contribution in [0.2, 0.25) is 0 Å². The van der Waals surface area contributed by atoms with Crippen LogP contribution in [-0.2, 0) is 0 Å². The van der Waals surface area contributed by atoms with Crippen LogP contribution in [0.25, 0.3) is 0 Å². The van der Waals surface area contributed by atoms with Gasteiger partial charge in [-0.1, -0.05) is 44.4 Å². The summed E-state index contributed by atoms with van der Waals surface area (Å²) in [4.78, 5) is 0. The molecule has 0 bridgehead atoms. The molecular weight excluding hydrogens is 146 g/mol. The fourth-order valence-electron chi connectivity index (χ4n) is 0.735. The summed E-state index contributed by atoms with van der Waals surface area (Å²) in [6.45, 7) is 6.73. The Hall–Kier alpha value is -1.16. The summed E-state index contributed by atoms with van der Waals surface area (Å²) in [6, 6.07) is 2.84. The fraction of sp³-hybridized carbons (Fsp3) is 0.455. The van der Waals surface area contributed by atoms with E-state index in [0.717, 1.165) is 6.54 Å². The van der Waals surface area contributed by atoms with Crippen molar-refractivity contribution in [2.24, 2.45) is 0 Å². The first-order chi connectivity index (χ1) is 5.91. The lowest BCUT2D eigenvalue weighted by molar-refractivity contribution is 0.691. The van der Waals surface area contributed by atoms with Crippen LogP contribution in [0, 0.1) is 12.0 Å². The van der Waals surface area contributed by atoms with Crippen molar-refractivity contribution >= 4 is 0 Å². The maximum atomic E-state index is 3.54. The summed E-state index contributed by atoms with van der Waals surface area (Å²) >= 11 is 0. The van der Waals surface area contributed by atoms with Crippen LogP contribution >= 0.6 is 0 Å². The van der Waals surface area contributed by atoms with E-state index in [9.17, 15) is 0 Å². The van der Waals surface area contributed by atoms with E-state index in [1.807, 2.05) is 6.08 Å². The molecule has 0 aromatic carbocycles. The maximum Gasteiger partial charge on any atom is 0.0229 e. The molecule has 12 heavy (non-hydrogen) atoms. The lowest BCUT2D eigenvalue weighted by Gasteiger charge is -1.94. The van der Waals surface area contributed by atoms with Gasteiger partial charge in [0.1, 0.15) is 0 Å². The largest absolute Gasteiger partial charge is 0.346 e. The van der Waals surface area contributed by atoms with Gasteiger partial charge in [0.2, 0.25) is 0 Å². The molecule has 0 amide bonds. The van der Waals surface area contributed by atoms with E-state index in [2.05, 4.69) is 30.8 Å². The smallest absolute Gasteiger partial charge is 0.0229 e. The van der Waals surface area contributed by atoms with Crippen LogP contribution < -0.4 is 5.32 Å². The van der Waals surface area contributed by atoms with Crippen LogP contribution in [0.5, 0.6) is 0 Å². The van der Waals surface area contributed by atoms with Crippen LogP contribution in [-0.4, -0.2) is 6.54 Å². The molecule has 1 N–H and O–H groups in total. The minimum atomic E-state index is 0.989. The van der Waals surface area contributed by atoms with Crippen molar-refractivity contribution in [2.75, 3.05) is 6.54 Å². The van der Waals surface area contributed by atoms with Gasteiger partial charge in [0, 0.05) is 12.6 Å². The SMILES string of the molecule is C=CC=CC#CNCCCCC. The van der Waals surface area contributed by atoms with Crippen molar-refractivity contribution in [3.63, 3.8) is 0 Å². The summed E-state index contributed by atoms with van der Waals surface area (Å²) in [7, 11) is 0. The Morgan fingerprint density at radius 1 is 1.42 bits per heavy atom. The van der Waals surface area contributed by atoms with Gasteiger partial charge < -0.3 is 5.32 Å². The Kier molecular flexibility index (Phi) is 8.89. The fourth-order valence-corrected chi connectivity index (χ4v) is 0.735. The highest BCUT2D eigenvalue weighted by Gasteiger charge is 1.80. The average Bonchev–Trinajstić information content (AvgIpc) is 2.10. The Balaban J connectivity index is 3.21. The van der Waals surface area contributed by atoms with Gasteiger partial charge in [0.05, 0.1) is 0 Å². The van der Waals surface area contributed by atoms with E-state index in [4.69, 9.17) is 0 Å². The third-order valence-corrected chi connectivity index (χ3v) is 1.38. The molecule has 0 aliphatic heterocycles. The van der Waals surface area contributed by atoms with Crippen molar-refractivity contribution in [1.82, 2.24) is 5.32 Å². The minimum absolute atomic E-state index is 0.989. The number of rotatable bonds is 5. The molecule has 1 heteroatoms. The summed E-state index contributed by atoms with van der Waals surface area (Å²) < 4.78 is 0. The molecule has 0 saturated carbocycles. The first-order valence-corrected chi connectivity index (χ1v) is 4.42. The second-order valence-corrected chi connectivity index (χ2v) is 2.50. The molecule has 0 unspecified atom stereocenters. The van der Waals surface area contributed by atoms with E-state index < -0.39 is 0 Å². The van der Waals surface area contributed by atoms with Gasteiger partial charge in [-0.3, -0.25) is 0 Å². The third kappa shape index (κ3) is 8.84. The van der Waals surface area contributed by atoms with Crippen LogP contribution in [0.4, 0.5) is 0 Å². The highest BCUT2D eigenvalue weighted by molar-refractivity contribution is 5.17. The number of hydrogen-bond acceptors (Lipinski definition) is 1. The van der Waals surface area contributed by atoms with E-state index in [0.29, 0.717) is 0 Å². The Morgan fingerprint density at radius 2 is 2.25 bits per heavy atom. The zero-order valence-corrected chi connectivity index (χ0v) is 7.77. The van der Waals surface area contributed by atoms with Crippen molar-refractivity contribution in [2.45, 2.75) is 26.2 Å². The predicted octanol–water partition coefficient (Wildman–Crippen LogP) is 2.47. The summed E-state index contributed by atoms with van der Waals surface area (Å²) in [5.41, 5.74) is 0. The zero-order chi connectivity index (χ0) is 9.07. The molecule has 0 radical (unpaired) electrons. The molecule has 0 aliphatic rings. The molecule has 66 valence electrons. The van der Waals surface area contributed by atoms with Gasteiger partial charge in [-0.25, -0.2) is 0 Å². The average molecular weight is 163 g/mol. The molecule has 1 nitrogen and oxygen atoms in total. The van der Waals surface area contributed by atoms with Gasteiger partial charge in [-0.05, 0) is 12.5 Å². The zero-order valence-electron chi connectivity index (χ0n) is 7.77. The van der Waals surface area contributed by atoms with Crippen molar-refractivity contribution in [1.29, 1.82) is 0 Å². The topological polar surface area (TPSA) is 12.0 Å². The van der Waals surface area contributed by atoms with E-state index >= 15 is 0 Å². The Labute approximate surface area is 75.6 Å². The summed E-state index contributed by atoms with van der Waals surface area (Å²) in [5, 5.41) is 3.03. The van der Waals surface area contributed by atoms with Gasteiger partial charge in [0.25, 0.3) is 0 Å². The number of hydrogen-bond donors (Lipinski definition) is 1. The summed E-state index contributed by atoms with van der Waals surface area (Å²) in [6.07, 6.45) is 9.05. The minimum Gasteiger partial charge on any atom is -0.346 e. The highest BCUT2D eigenvalue weighted by atomic mass is 14.8. The first-order valence-electron chi connectivity index (χ1n) is 4.42. The second kappa shape index (κ2) is 9.84. The van der Waals surface area contributed by atoms with Crippen LogP contribution in [0.15, 0.2) is 24.8 Å². The lowest BCUT2D eigenvalue weighted by atomic mass is 10.2. The molecule has 0 saturated heterocycles. The summed E-state index contributed by atoms with van der Waals surface area (Å²) in [5.74, 6) is 2.85. The standard InChI is InChI=1S/C11H17N/c1-3-5-7-9-11-12-10-8-6-4-2/h3,5,7,12H,1,4,6,8,10H2,2H3. The molecule has 0 heterocycles. The van der Waals surface area contributed by atoms with Gasteiger partial charge in [-0.15, -0.1) is 0 Å². The molecule has 0 aromatic rings. The quantitative estimate of drug-likeness (QED) is 0.284. The van der Waals surface area contributed by atoms with E-state index in [1.165, 1.54) is 19.3 Å². The first kappa shape index (κ1) is 10.8. The molecule has 0 fully saturated rings. The van der Waals surface area contributed by atoms with Crippen LogP contribution in [0.3, 0.4) is 0 Å². The van der Waals surface area contributed by atoms with Gasteiger partial charge >= 0.3 is 0 Å². The number of unbranched alkanes of at least 4 members (excludes halogenated alkanes) is 2. The van der Waals surface area contributed by atoms with E-state index in [1.54, 1.807) is 12.2 Å². The van der Waals surface area contributed by atoms with Crippen LogP contribution in [0.1, 0.15) is 26.2 Å². The third-order valence-electron chi connectivity index (χ3n) is 1.38. The Bertz CT molecular complexity index is 181. The molecule has 0 atom stereocenters. The predicted molar refractivity (Wildman–Crippen MR) is 54.6 cm³/mol. The maximum absolute atomic E-state index is 3.54. The monoisotopic (exact) mass is 163 g/mol. The van der Waals surface area contributed by atoms with Crippen molar-refractivity contribution < 1.29 is 0 Å². The van der Waals surface area contributed by atoms with Gasteiger partial charge in [0.15, 0.2) is 0 Å². The van der Waals surface area contributed by atoms with Crippen molar-refractivity contribution in [3.8, 4) is 12.0 Å². The van der Waals surface area contributed by atoms with Crippen molar-refractivity contribution in [3.05, 3.63) is 24.8 Å². The molecule has 0 aliphatic carbocycles. The number of allylic oxidation sites excluding steroid dienone is 3. The highest BCUT2D eigenvalue weighted by Crippen LogP contribution is 1.89. The molecular formula is C11H17N. The normalized spacial score (nSPS) is 9.08. The van der Waals surface area contributed by atoms with E-state index in [-0.39, 0.29) is 0 Å². The Morgan fingerprint density at radius 3 is 2.92 bits per heavy atom. The molecule has 0 aromatic heterocycles. The molecule has 0 rings (SSSR count). The lowest BCUT2D eigenvalue weighted by Crippen LogP contribution is -2.06. The second-order valence-electron chi connectivity index (χ2n) is 2.50.